The monoisotopic (exact) mass is 356 g/mol. The minimum Gasteiger partial charge on any atom is -0.356 e. The third-order valence-electron chi connectivity index (χ3n) is 5.18. The van der Waals surface area contributed by atoms with Crippen molar-refractivity contribution in [1.29, 1.82) is 0 Å². The molecule has 0 bridgehead atoms. The number of thiazole rings is 1. The van der Waals surface area contributed by atoms with Gasteiger partial charge in [-0.1, -0.05) is 43.2 Å². The van der Waals surface area contributed by atoms with E-state index in [1.54, 1.807) is 11.3 Å². The van der Waals surface area contributed by atoms with Crippen molar-refractivity contribution < 1.29 is 0 Å². The molecular weight excluding hydrogens is 328 g/mol. The van der Waals surface area contributed by atoms with Crippen LogP contribution in [0.1, 0.15) is 46.8 Å². The van der Waals surface area contributed by atoms with Crippen molar-refractivity contribution in [2.75, 3.05) is 13.6 Å². The minimum atomic E-state index is 0.232. The van der Waals surface area contributed by atoms with Gasteiger partial charge in [0, 0.05) is 23.9 Å². The number of aryl methyl sites for hydroxylation is 2. The van der Waals surface area contributed by atoms with Crippen molar-refractivity contribution in [3.63, 3.8) is 0 Å². The Bertz CT molecular complexity index is 715. The molecule has 0 radical (unpaired) electrons. The van der Waals surface area contributed by atoms with Gasteiger partial charge in [-0.2, -0.15) is 0 Å². The van der Waals surface area contributed by atoms with Gasteiger partial charge in [0.2, 0.25) is 0 Å². The summed E-state index contributed by atoms with van der Waals surface area (Å²) in [5.74, 6) is 0.868. The predicted octanol–water partition coefficient (Wildman–Crippen LogP) is 3.94. The van der Waals surface area contributed by atoms with E-state index in [2.05, 4.69) is 64.8 Å². The fraction of sp³-hybridized carbons (Fsp3) is 0.500. The largest absolute Gasteiger partial charge is 0.356 e. The first-order valence-corrected chi connectivity index (χ1v) is 9.87. The number of guanidine groups is 1. The number of rotatable bonds is 5. The first-order chi connectivity index (χ1) is 12.1. The first-order valence-electron chi connectivity index (χ1n) is 9.06. The van der Waals surface area contributed by atoms with E-state index in [0.29, 0.717) is 0 Å². The highest BCUT2D eigenvalue weighted by atomic mass is 32.1. The molecule has 0 saturated heterocycles. The molecule has 134 valence electrons. The summed E-state index contributed by atoms with van der Waals surface area (Å²) in [6.45, 7) is 5.82. The smallest absolute Gasteiger partial charge is 0.191 e. The van der Waals surface area contributed by atoms with Crippen LogP contribution >= 0.6 is 11.3 Å². The summed E-state index contributed by atoms with van der Waals surface area (Å²) in [6.07, 6.45) is 5.10. The van der Waals surface area contributed by atoms with E-state index in [-0.39, 0.29) is 5.41 Å². The number of aromatic nitrogens is 1. The second kappa shape index (κ2) is 8.00. The molecule has 2 aromatic rings. The summed E-state index contributed by atoms with van der Waals surface area (Å²) in [5.41, 5.74) is 2.79. The maximum Gasteiger partial charge on any atom is 0.191 e. The molecule has 5 heteroatoms. The Labute approximate surface area is 154 Å². The van der Waals surface area contributed by atoms with Crippen molar-refractivity contribution >= 4 is 17.3 Å². The zero-order chi connectivity index (χ0) is 17.7. The highest BCUT2D eigenvalue weighted by molar-refractivity contribution is 7.11. The van der Waals surface area contributed by atoms with E-state index in [9.17, 15) is 0 Å². The molecule has 1 aromatic carbocycles. The maximum absolute atomic E-state index is 4.49. The van der Waals surface area contributed by atoms with E-state index in [1.165, 1.54) is 36.1 Å². The molecule has 0 unspecified atom stereocenters. The Morgan fingerprint density at radius 1 is 1.16 bits per heavy atom. The van der Waals surface area contributed by atoms with Crippen LogP contribution in [0.3, 0.4) is 0 Å². The van der Waals surface area contributed by atoms with E-state index in [4.69, 9.17) is 0 Å². The third-order valence-corrected chi connectivity index (χ3v) is 6.25. The maximum atomic E-state index is 4.49. The molecule has 3 rings (SSSR count). The number of hydrogen-bond donors (Lipinski definition) is 2. The first kappa shape index (κ1) is 17.9. The Balaban J connectivity index is 1.62. The van der Waals surface area contributed by atoms with Gasteiger partial charge in [-0.3, -0.25) is 4.99 Å². The Kier molecular flexibility index (Phi) is 5.74. The van der Waals surface area contributed by atoms with Crippen LogP contribution in [0.25, 0.3) is 0 Å². The highest BCUT2D eigenvalue weighted by Crippen LogP contribution is 2.40. The molecule has 1 aliphatic rings. The second-order valence-corrected chi connectivity index (χ2v) is 8.16. The number of hydrogen-bond acceptors (Lipinski definition) is 3. The third kappa shape index (κ3) is 4.21. The van der Waals surface area contributed by atoms with Crippen LogP contribution in [0.2, 0.25) is 0 Å². The predicted molar refractivity (Wildman–Crippen MR) is 106 cm³/mol. The molecule has 25 heavy (non-hydrogen) atoms. The summed E-state index contributed by atoms with van der Waals surface area (Å²) in [4.78, 5) is 10.2. The molecule has 0 atom stereocenters. The van der Waals surface area contributed by atoms with E-state index in [0.717, 1.165) is 29.8 Å². The number of benzene rings is 1. The molecule has 1 saturated carbocycles. The van der Waals surface area contributed by atoms with Crippen molar-refractivity contribution in [3.8, 4) is 0 Å². The molecule has 1 aliphatic carbocycles. The van der Waals surface area contributed by atoms with Gasteiger partial charge in [-0.05, 0) is 32.3 Å². The van der Waals surface area contributed by atoms with Gasteiger partial charge in [0.25, 0.3) is 0 Å². The van der Waals surface area contributed by atoms with Gasteiger partial charge in [0.1, 0.15) is 0 Å². The Hall–Kier alpha value is -1.88. The van der Waals surface area contributed by atoms with Gasteiger partial charge in [0.05, 0.1) is 17.2 Å². The minimum absolute atomic E-state index is 0.232. The quantitative estimate of drug-likeness (QED) is 0.630. The van der Waals surface area contributed by atoms with Crippen LogP contribution in [0.4, 0.5) is 0 Å². The van der Waals surface area contributed by atoms with Crippen LogP contribution < -0.4 is 10.6 Å². The van der Waals surface area contributed by atoms with Crippen LogP contribution in [-0.4, -0.2) is 24.5 Å². The van der Waals surface area contributed by atoms with E-state index < -0.39 is 0 Å². The lowest BCUT2D eigenvalue weighted by atomic mass is 9.79. The summed E-state index contributed by atoms with van der Waals surface area (Å²) >= 11 is 1.75. The number of aliphatic imine (C=N–C) groups is 1. The summed E-state index contributed by atoms with van der Waals surface area (Å²) in [6, 6.07) is 10.9. The second-order valence-electron chi connectivity index (χ2n) is 6.87. The van der Waals surface area contributed by atoms with Crippen molar-refractivity contribution in [1.82, 2.24) is 15.6 Å². The topological polar surface area (TPSA) is 49.3 Å². The molecule has 1 aromatic heterocycles. The summed E-state index contributed by atoms with van der Waals surface area (Å²) in [5, 5.41) is 8.13. The number of nitrogens with one attached hydrogen (secondary N) is 2. The van der Waals surface area contributed by atoms with Crippen molar-refractivity contribution in [2.24, 2.45) is 4.99 Å². The van der Waals surface area contributed by atoms with Crippen molar-refractivity contribution in [2.45, 2.75) is 51.5 Å². The lowest BCUT2D eigenvalue weighted by Gasteiger charge is -2.30. The lowest BCUT2D eigenvalue weighted by molar-refractivity contribution is 0.432. The fourth-order valence-corrected chi connectivity index (χ4v) is 4.66. The molecule has 2 N–H and O–H groups in total. The zero-order valence-electron chi connectivity index (χ0n) is 15.4. The molecule has 0 aliphatic heterocycles. The number of nitrogens with zero attached hydrogens (tertiary/aromatic N) is 2. The van der Waals surface area contributed by atoms with Gasteiger partial charge in [0.15, 0.2) is 5.96 Å². The van der Waals surface area contributed by atoms with Crippen LogP contribution in [0.15, 0.2) is 35.3 Å². The van der Waals surface area contributed by atoms with Crippen LogP contribution in [0, 0.1) is 13.8 Å². The molecule has 1 heterocycles. The average molecular weight is 357 g/mol. The lowest BCUT2D eigenvalue weighted by Crippen LogP contribution is -2.44. The molecule has 1 fully saturated rings. The standard InChI is InChI=1S/C20H28N4S/c1-15-18(25-16(2)24-15)13-22-19(21-3)23-14-20(11-7-8-12-20)17-9-5-4-6-10-17/h4-6,9-10H,7-8,11-14H2,1-3H3,(H2,21,22,23). The van der Waals surface area contributed by atoms with Crippen LogP contribution in [-0.2, 0) is 12.0 Å². The molecule has 0 spiro atoms. The molecular formula is C20H28N4S. The molecule has 0 amide bonds. The van der Waals surface area contributed by atoms with E-state index >= 15 is 0 Å². The normalized spacial score (nSPS) is 16.8. The van der Waals surface area contributed by atoms with Gasteiger partial charge >= 0.3 is 0 Å². The highest BCUT2D eigenvalue weighted by Gasteiger charge is 2.35. The fourth-order valence-electron chi connectivity index (χ4n) is 3.79. The average Bonchev–Trinajstić information content (AvgIpc) is 3.23. The van der Waals surface area contributed by atoms with Gasteiger partial charge in [-0.15, -0.1) is 11.3 Å². The summed E-state index contributed by atoms with van der Waals surface area (Å²) < 4.78 is 0. The van der Waals surface area contributed by atoms with Crippen LogP contribution in [0.5, 0.6) is 0 Å². The van der Waals surface area contributed by atoms with Crippen molar-refractivity contribution in [3.05, 3.63) is 51.5 Å². The summed E-state index contributed by atoms with van der Waals surface area (Å²) in [7, 11) is 1.84. The van der Waals surface area contributed by atoms with Gasteiger partial charge in [-0.25, -0.2) is 4.98 Å². The Morgan fingerprint density at radius 2 is 1.88 bits per heavy atom. The Morgan fingerprint density at radius 3 is 2.48 bits per heavy atom. The van der Waals surface area contributed by atoms with Gasteiger partial charge < -0.3 is 10.6 Å². The zero-order valence-corrected chi connectivity index (χ0v) is 16.2. The molecule has 4 nitrogen and oxygen atoms in total. The van der Waals surface area contributed by atoms with E-state index in [1.807, 2.05) is 7.05 Å². The SMILES string of the molecule is CN=C(NCc1sc(C)nc1C)NCC1(c2ccccc2)CCCC1.